The van der Waals surface area contributed by atoms with E-state index in [2.05, 4.69) is 0 Å². The van der Waals surface area contributed by atoms with Gasteiger partial charge in [0.2, 0.25) is 15.7 Å². The van der Waals surface area contributed by atoms with Crippen LogP contribution in [-0.2, 0) is 14.6 Å². The molecule has 1 amide bonds. The Morgan fingerprint density at radius 3 is 2.50 bits per heavy atom. The van der Waals surface area contributed by atoms with Crippen molar-refractivity contribution in [3.8, 4) is 0 Å². The van der Waals surface area contributed by atoms with Gasteiger partial charge in [-0.1, -0.05) is 29.3 Å². The van der Waals surface area contributed by atoms with E-state index in [1.54, 1.807) is 18.2 Å². The molecular weight excluding hydrogens is 439 g/mol. The first kappa shape index (κ1) is 17.3. The van der Waals surface area contributed by atoms with Gasteiger partial charge in [-0.15, -0.1) is 0 Å². The van der Waals surface area contributed by atoms with Gasteiger partial charge in [-0.3, -0.25) is 4.79 Å². The number of rotatable bonds is 4. The molecule has 1 aromatic rings. The van der Waals surface area contributed by atoms with Crippen molar-refractivity contribution in [3.63, 3.8) is 0 Å². The highest BCUT2D eigenvalue weighted by Crippen LogP contribution is 2.34. The molecule has 8 heteroatoms. The topological polar surface area (TPSA) is 80.5 Å². The van der Waals surface area contributed by atoms with Crippen LogP contribution in [0.1, 0.15) is 5.56 Å². The number of benzene rings is 1. The zero-order valence-corrected chi connectivity index (χ0v) is 15.4. The predicted molar refractivity (Wildman–Crippen MR) is 94.1 cm³/mol. The molecule has 0 bridgehead atoms. The average molecular weight is 453 g/mol. The molecular formula is C14H14ClIN2O3S. The van der Waals surface area contributed by atoms with Crippen LogP contribution in [0.15, 0.2) is 50.0 Å². The number of nitrogens with zero attached hydrogens (tertiary/aromatic N) is 1. The van der Waals surface area contributed by atoms with Gasteiger partial charge in [0, 0.05) is 9.78 Å². The molecule has 0 aromatic heterocycles. The van der Waals surface area contributed by atoms with Crippen LogP contribution >= 0.6 is 34.2 Å². The lowest BCUT2D eigenvalue weighted by molar-refractivity contribution is -0.118. The zero-order chi connectivity index (χ0) is 16.5. The van der Waals surface area contributed by atoms with Crippen LogP contribution < -0.4 is 5.73 Å². The Balaban J connectivity index is 2.51. The summed E-state index contributed by atoms with van der Waals surface area (Å²) in [5.41, 5.74) is 6.15. The van der Waals surface area contributed by atoms with Crippen molar-refractivity contribution in [2.24, 2.45) is 5.73 Å². The summed E-state index contributed by atoms with van der Waals surface area (Å²) in [6.45, 7) is 1.64. The van der Waals surface area contributed by atoms with Gasteiger partial charge in [-0.25, -0.2) is 8.42 Å². The van der Waals surface area contributed by atoms with Gasteiger partial charge < -0.3 is 10.6 Å². The van der Waals surface area contributed by atoms with Crippen molar-refractivity contribution in [3.05, 3.63) is 50.7 Å². The van der Waals surface area contributed by atoms with Crippen LogP contribution in [0.2, 0.25) is 0 Å². The Kier molecular flexibility index (Phi) is 5.18. The first-order valence-electron chi connectivity index (χ1n) is 6.31. The highest BCUT2D eigenvalue weighted by atomic mass is 127. The summed E-state index contributed by atoms with van der Waals surface area (Å²) < 4.78 is 26.4. The molecule has 2 N–H and O–H groups in total. The van der Waals surface area contributed by atoms with Crippen LogP contribution in [0, 0.1) is 6.92 Å². The second kappa shape index (κ2) is 6.59. The second-order valence-corrected chi connectivity index (χ2v) is 8.44. The highest BCUT2D eigenvalue weighted by Gasteiger charge is 2.37. The van der Waals surface area contributed by atoms with E-state index >= 15 is 0 Å². The maximum absolute atomic E-state index is 12.9. The fraction of sp³-hybridized carbons (Fsp3) is 0.214. The number of primary amides is 1. The van der Waals surface area contributed by atoms with Crippen molar-refractivity contribution in [1.29, 1.82) is 0 Å². The van der Waals surface area contributed by atoms with E-state index in [1.165, 1.54) is 23.2 Å². The number of hydrogen-bond acceptors (Lipinski definition) is 4. The van der Waals surface area contributed by atoms with Crippen LogP contribution in [0.4, 0.5) is 0 Å². The maximum Gasteiger partial charge on any atom is 0.236 e. The SMILES string of the molecule is Cc1ccc(S(=O)(=O)C2C(Cl)=C(I)C=CN2CC(N)=O)cc1. The Morgan fingerprint density at radius 1 is 1.36 bits per heavy atom. The molecule has 0 aliphatic carbocycles. The summed E-state index contributed by atoms with van der Waals surface area (Å²) in [6, 6.07) is 6.49. The van der Waals surface area contributed by atoms with E-state index in [4.69, 9.17) is 17.3 Å². The molecule has 1 atom stereocenters. The predicted octanol–water partition coefficient (Wildman–Crippen LogP) is 2.29. The van der Waals surface area contributed by atoms with E-state index in [9.17, 15) is 13.2 Å². The molecule has 2 rings (SSSR count). The lowest BCUT2D eigenvalue weighted by Gasteiger charge is -2.32. The van der Waals surface area contributed by atoms with Crippen LogP contribution in [0.5, 0.6) is 0 Å². The summed E-state index contributed by atoms with van der Waals surface area (Å²) in [5.74, 6) is -0.630. The van der Waals surface area contributed by atoms with Crippen molar-refractivity contribution < 1.29 is 13.2 Å². The number of nitrogens with two attached hydrogens (primary N) is 1. The summed E-state index contributed by atoms with van der Waals surface area (Å²) >= 11 is 8.18. The smallest absolute Gasteiger partial charge is 0.236 e. The Labute approximate surface area is 147 Å². The van der Waals surface area contributed by atoms with Gasteiger partial charge in [-0.2, -0.15) is 0 Å². The molecule has 118 valence electrons. The van der Waals surface area contributed by atoms with E-state index in [-0.39, 0.29) is 16.5 Å². The Hall–Kier alpha value is -1.06. The molecule has 1 aromatic carbocycles. The van der Waals surface area contributed by atoms with Crippen LogP contribution in [0.25, 0.3) is 0 Å². The first-order chi connectivity index (χ1) is 10.2. The van der Waals surface area contributed by atoms with E-state index in [1.807, 2.05) is 29.5 Å². The summed E-state index contributed by atoms with van der Waals surface area (Å²) in [5, 5.41) is -0.994. The van der Waals surface area contributed by atoms with Crippen LogP contribution in [0.3, 0.4) is 0 Å². The summed E-state index contributed by atoms with van der Waals surface area (Å²) in [6.07, 6.45) is 3.17. The molecule has 0 spiro atoms. The third-order valence-electron chi connectivity index (χ3n) is 3.14. The lowest BCUT2D eigenvalue weighted by atomic mass is 10.2. The van der Waals surface area contributed by atoms with Crippen molar-refractivity contribution in [1.82, 2.24) is 4.90 Å². The number of amides is 1. The number of sulfone groups is 1. The van der Waals surface area contributed by atoms with Crippen molar-refractivity contribution >= 4 is 49.9 Å². The summed E-state index contributed by atoms with van der Waals surface area (Å²) in [4.78, 5) is 12.7. The Morgan fingerprint density at radius 2 is 1.95 bits per heavy atom. The number of halogens is 2. The summed E-state index contributed by atoms with van der Waals surface area (Å²) in [7, 11) is -3.78. The largest absolute Gasteiger partial charge is 0.368 e. The van der Waals surface area contributed by atoms with Gasteiger partial charge >= 0.3 is 0 Å². The number of allylic oxidation sites excluding steroid dienone is 2. The molecule has 0 saturated carbocycles. The van der Waals surface area contributed by atoms with Gasteiger partial charge in [0.1, 0.15) is 0 Å². The fourth-order valence-electron chi connectivity index (χ4n) is 2.07. The molecule has 1 heterocycles. The zero-order valence-electron chi connectivity index (χ0n) is 11.7. The third-order valence-corrected chi connectivity index (χ3v) is 6.96. The van der Waals surface area contributed by atoms with Gasteiger partial charge in [-0.05, 0) is 47.7 Å². The van der Waals surface area contributed by atoms with Gasteiger partial charge in [0.05, 0.1) is 16.5 Å². The van der Waals surface area contributed by atoms with Gasteiger partial charge in [0.15, 0.2) is 5.37 Å². The normalized spacial score (nSPS) is 18.7. The second-order valence-electron chi connectivity index (χ2n) is 4.86. The van der Waals surface area contributed by atoms with E-state index in [0.717, 1.165) is 5.56 Å². The molecule has 5 nitrogen and oxygen atoms in total. The monoisotopic (exact) mass is 452 g/mol. The first-order valence-corrected chi connectivity index (χ1v) is 9.32. The molecule has 1 aliphatic heterocycles. The van der Waals surface area contributed by atoms with Crippen molar-refractivity contribution in [2.75, 3.05) is 6.54 Å². The minimum Gasteiger partial charge on any atom is -0.368 e. The lowest BCUT2D eigenvalue weighted by Crippen LogP contribution is -2.44. The molecule has 0 fully saturated rings. The molecule has 1 aliphatic rings. The van der Waals surface area contributed by atoms with Gasteiger partial charge in [0.25, 0.3) is 0 Å². The number of aryl methyl sites for hydroxylation is 1. The minimum absolute atomic E-state index is 0.148. The maximum atomic E-state index is 12.9. The molecule has 0 saturated heterocycles. The molecule has 1 unspecified atom stereocenters. The highest BCUT2D eigenvalue weighted by molar-refractivity contribution is 14.1. The standard InChI is InChI=1S/C14H14ClIN2O3S/c1-9-2-4-10(5-3-9)22(20,21)14-13(15)11(16)6-7-18(14)8-12(17)19/h2-7,14H,8H2,1H3,(H2,17,19). The fourth-order valence-corrected chi connectivity index (χ4v) is 4.95. The van der Waals surface area contributed by atoms with Crippen molar-refractivity contribution in [2.45, 2.75) is 17.2 Å². The average Bonchev–Trinajstić information content (AvgIpc) is 2.42. The van der Waals surface area contributed by atoms with E-state index in [0.29, 0.717) is 3.58 Å². The minimum atomic E-state index is -3.78. The molecule has 22 heavy (non-hydrogen) atoms. The van der Waals surface area contributed by atoms with E-state index < -0.39 is 21.1 Å². The number of carbonyl (C=O) groups is 1. The van der Waals surface area contributed by atoms with Crippen LogP contribution in [-0.4, -0.2) is 31.1 Å². The number of carbonyl (C=O) groups excluding carboxylic acids is 1. The molecule has 0 radical (unpaired) electrons. The number of hydrogen-bond donors (Lipinski definition) is 1. The quantitative estimate of drug-likeness (QED) is 0.711. The third kappa shape index (κ3) is 3.47. The Bertz CT molecular complexity index is 757.